The molecule has 2 aromatic rings. The highest BCUT2D eigenvalue weighted by molar-refractivity contribution is 6.04. The van der Waals surface area contributed by atoms with Crippen LogP contribution in [-0.2, 0) is 0 Å². The number of benzene rings is 2. The zero-order valence-electron chi connectivity index (χ0n) is 11.3. The van der Waals surface area contributed by atoms with Gasteiger partial charge in [0.1, 0.15) is 0 Å². The molecule has 0 unspecified atom stereocenters. The molecule has 0 heterocycles. The first-order chi connectivity index (χ1) is 10.4. The van der Waals surface area contributed by atoms with Crippen molar-refractivity contribution in [2.75, 3.05) is 12.4 Å². The van der Waals surface area contributed by atoms with Crippen LogP contribution in [0.25, 0.3) is 0 Å². The summed E-state index contributed by atoms with van der Waals surface area (Å²) in [5.41, 5.74) is -0.153. The van der Waals surface area contributed by atoms with Crippen LogP contribution in [0.5, 0.6) is 5.75 Å². The molecule has 0 aliphatic rings. The number of amides is 1. The number of carbonyl (C=O) groups excluding carboxylic acids is 1. The van der Waals surface area contributed by atoms with Crippen LogP contribution in [0, 0.1) is 21.7 Å². The molecule has 0 bridgehead atoms. The van der Waals surface area contributed by atoms with Crippen molar-refractivity contribution in [1.82, 2.24) is 0 Å². The lowest BCUT2D eigenvalue weighted by Gasteiger charge is -2.08. The highest BCUT2D eigenvalue weighted by Crippen LogP contribution is 2.25. The van der Waals surface area contributed by atoms with Gasteiger partial charge in [-0.1, -0.05) is 0 Å². The Bertz CT molecular complexity index is 709. The van der Waals surface area contributed by atoms with E-state index in [0.29, 0.717) is 0 Å². The van der Waals surface area contributed by atoms with Crippen LogP contribution in [0.1, 0.15) is 10.4 Å². The molecule has 2 rings (SSSR count). The predicted octanol–water partition coefficient (Wildman–Crippen LogP) is 3.13. The van der Waals surface area contributed by atoms with Crippen LogP contribution >= 0.6 is 0 Å². The highest BCUT2D eigenvalue weighted by atomic mass is 19.1. The molecule has 0 saturated carbocycles. The SMILES string of the molecule is COc1c(F)cc(NC(=O)c2ccc([N+](=O)[O-])cc2)cc1F. The third kappa shape index (κ3) is 3.17. The summed E-state index contributed by atoms with van der Waals surface area (Å²) < 4.78 is 31.6. The number of anilines is 1. The smallest absolute Gasteiger partial charge is 0.269 e. The largest absolute Gasteiger partial charge is 0.491 e. The molecule has 114 valence electrons. The Morgan fingerprint density at radius 1 is 1.18 bits per heavy atom. The maximum absolute atomic E-state index is 13.5. The van der Waals surface area contributed by atoms with Gasteiger partial charge in [0.05, 0.1) is 12.0 Å². The monoisotopic (exact) mass is 308 g/mol. The Hall–Kier alpha value is -3.03. The molecule has 1 amide bonds. The van der Waals surface area contributed by atoms with Crippen molar-refractivity contribution in [3.63, 3.8) is 0 Å². The van der Waals surface area contributed by atoms with E-state index in [9.17, 15) is 23.7 Å². The first-order valence-electron chi connectivity index (χ1n) is 6.01. The Kier molecular flexibility index (Phi) is 4.31. The molecule has 1 N–H and O–H groups in total. The van der Waals surface area contributed by atoms with Gasteiger partial charge in [-0.05, 0) is 12.1 Å². The molecule has 2 aromatic carbocycles. The van der Waals surface area contributed by atoms with Crippen LogP contribution in [0.4, 0.5) is 20.2 Å². The number of nitrogens with one attached hydrogen (secondary N) is 1. The maximum Gasteiger partial charge on any atom is 0.269 e. The van der Waals surface area contributed by atoms with Gasteiger partial charge < -0.3 is 10.1 Å². The van der Waals surface area contributed by atoms with Crippen LogP contribution in [0.3, 0.4) is 0 Å². The van der Waals surface area contributed by atoms with Gasteiger partial charge in [-0.3, -0.25) is 14.9 Å². The minimum atomic E-state index is -0.957. The molecule has 0 saturated heterocycles. The maximum atomic E-state index is 13.5. The normalized spacial score (nSPS) is 10.1. The zero-order chi connectivity index (χ0) is 16.3. The van der Waals surface area contributed by atoms with Crippen LogP contribution in [0.2, 0.25) is 0 Å². The third-order valence-corrected chi connectivity index (χ3v) is 2.80. The number of nitro benzene ring substituents is 1. The van der Waals surface area contributed by atoms with Gasteiger partial charge in [-0.2, -0.15) is 0 Å². The standard InChI is InChI=1S/C14H10F2N2O4/c1-22-13-11(15)6-9(7-12(13)16)17-14(19)8-2-4-10(5-3-8)18(20)21/h2-7H,1H3,(H,17,19). The molecule has 6 nitrogen and oxygen atoms in total. The number of non-ortho nitro benzene ring substituents is 1. The average Bonchev–Trinajstić information content (AvgIpc) is 2.47. The number of nitrogens with zero attached hydrogens (tertiary/aromatic N) is 1. The summed E-state index contributed by atoms with van der Waals surface area (Å²) in [6.07, 6.45) is 0. The topological polar surface area (TPSA) is 81.5 Å². The fourth-order valence-corrected chi connectivity index (χ4v) is 1.76. The summed E-state index contributed by atoms with van der Waals surface area (Å²) in [6, 6.07) is 6.61. The Labute approximate surface area is 123 Å². The summed E-state index contributed by atoms with van der Waals surface area (Å²) in [5.74, 6) is -3.12. The molecule has 0 aliphatic heterocycles. The van der Waals surface area contributed by atoms with Gasteiger partial charge in [0.2, 0.25) is 0 Å². The second kappa shape index (κ2) is 6.17. The fraction of sp³-hybridized carbons (Fsp3) is 0.0714. The summed E-state index contributed by atoms with van der Waals surface area (Å²) in [4.78, 5) is 21.8. The molecule has 0 aromatic heterocycles. The van der Waals surface area contributed by atoms with Crippen LogP contribution < -0.4 is 10.1 Å². The van der Waals surface area contributed by atoms with Gasteiger partial charge in [-0.25, -0.2) is 8.78 Å². The van der Waals surface area contributed by atoms with Crippen molar-refractivity contribution in [3.8, 4) is 5.75 Å². The fourth-order valence-electron chi connectivity index (χ4n) is 1.76. The van der Waals surface area contributed by atoms with E-state index in [-0.39, 0.29) is 16.9 Å². The lowest BCUT2D eigenvalue weighted by Crippen LogP contribution is -2.12. The molecule has 8 heteroatoms. The molecular formula is C14H10F2N2O4. The van der Waals surface area contributed by atoms with Gasteiger partial charge in [-0.15, -0.1) is 0 Å². The van der Waals surface area contributed by atoms with Crippen molar-refractivity contribution in [2.45, 2.75) is 0 Å². The van der Waals surface area contributed by atoms with E-state index in [1.165, 1.54) is 12.1 Å². The van der Waals surface area contributed by atoms with Crippen molar-refractivity contribution in [1.29, 1.82) is 0 Å². The second-order valence-corrected chi connectivity index (χ2v) is 4.23. The number of halogens is 2. The quantitative estimate of drug-likeness (QED) is 0.695. The van der Waals surface area contributed by atoms with E-state index in [0.717, 1.165) is 31.4 Å². The van der Waals surface area contributed by atoms with Gasteiger partial charge in [0.25, 0.3) is 11.6 Å². The van der Waals surface area contributed by atoms with Gasteiger partial charge >= 0.3 is 0 Å². The lowest BCUT2D eigenvalue weighted by molar-refractivity contribution is -0.384. The minimum Gasteiger partial charge on any atom is -0.491 e. The highest BCUT2D eigenvalue weighted by Gasteiger charge is 2.14. The lowest BCUT2D eigenvalue weighted by atomic mass is 10.2. The van der Waals surface area contributed by atoms with E-state index < -0.39 is 28.2 Å². The summed E-state index contributed by atoms with van der Waals surface area (Å²) >= 11 is 0. The Morgan fingerprint density at radius 3 is 2.18 bits per heavy atom. The minimum absolute atomic E-state index is 0.0980. The molecule has 0 aliphatic carbocycles. The zero-order valence-corrected chi connectivity index (χ0v) is 11.3. The summed E-state index contributed by atoms with van der Waals surface area (Å²) in [7, 11) is 1.12. The number of hydrogen-bond donors (Lipinski definition) is 1. The number of ether oxygens (including phenoxy) is 1. The molecule has 22 heavy (non-hydrogen) atoms. The molecule has 0 radical (unpaired) electrons. The number of methoxy groups -OCH3 is 1. The first kappa shape index (κ1) is 15.4. The third-order valence-electron chi connectivity index (χ3n) is 2.80. The summed E-state index contributed by atoms with van der Waals surface area (Å²) in [6.45, 7) is 0. The van der Waals surface area contributed by atoms with E-state index in [1.54, 1.807) is 0 Å². The van der Waals surface area contributed by atoms with Crippen molar-refractivity contribution in [2.24, 2.45) is 0 Å². The first-order valence-corrected chi connectivity index (χ1v) is 6.01. The Morgan fingerprint density at radius 2 is 1.73 bits per heavy atom. The molecular weight excluding hydrogens is 298 g/mol. The van der Waals surface area contributed by atoms with Gasteiger partial charge in [0.15, 0.2) is 17.4 Å². The molecule has 0 atom stereocenters. The van der Waals surface area contributed by atoms with Crippen LogP contribution in [0.15, 0.2) is 36.4 Å². The van der Waals surface area contributed by atoms with E-state index in [2.05, 4.69) is 10.1 Å². The van der Waals surface area contributed by atoms with Crippen LogP contribution in [-0.4, -0.2) is 17.9 Å². The van der Waals surface area contributed by atoms with Crippen molar-refractivity contribution >= 4 is 17.3 Å². The number of nitro groups is 1. The summed E-state index contributed by atoms with van der Waals surface area (Å²) in [5, 5.41) is 12.8. The van der Waals surface area contributed by atoms with E-state index in [4.69, 9.17) is 0 Å². The average molecular weight is 308 g/mol. The second-order valence-electron chi connectivity index (χ2n) is 4.23. The number of carbonyl (C=O) groups is 1. The molecule has 0 fully saturated rings. The van der Waals surface area contributed by atoms with Crippen molar-refractivity contribution < 1.29 is 23.2 Å². The Balaban J connectivity index is 2.20. The predicted molar refractivity (Wildman–Crippen MR) is 74.0 cm³/mol. The van der Waals surface area contributed by atoms with Gasteiger partial charge in [0, 0.05) is 35.5 Å². The van der Waals surface area contributed by atoms with Crippen molar-refractivity contribution in [3.05, 3.63) is 63.7 Å². The number of rotatable bonds is 4. The van der Waals surface area contributed by atoms with E-state index in [1.807, 2.05) is 0 Å². The van der Waals surface area contributed by atoms with E-state index >= 15 is 0 Å². The number of hydrogen-bond acceptors (Lipinski definition) is 4. The molecule has 0 spiro atoms.